The Morgan fingerprint density at radius 2 is 2.21 bits per heavy atom. The highest BCUT2D eigenvalue weighted by molar-refractivity contribution is 7.11. The van der Waals surface area contributed by atoms with Crippen LogP contribution in [0.5, 0.6) is 0 Å². The van der Waals surface area contributed by atoms with Gasteiger partial charge in [0.25, 0.3) is 0 Å². The number of rotatable bonds is 7. The Bertz CT molecular complexity index is 695. The third-order valence-corrected chi connectivity index (χ3v) is 5.33. The van der Waals surface area contributed by atoms with Gasteiger partial charge in [-0.3, -0.25) is 9.69 Å². The molecule has 0 fully saturated rings. The number of nitrogens with zero attached hydrogens (tertiary/aromatic N) is 2. The summed E-state index contributed by atoms with van der Waals surface area (Å²) in [7, 11) is 1.82. The van der Waals surface area contributed by atoms with Crippen LogP contribution < -0.4 is 5.32 Å². The number of amides is 1. The van der Waals surface area contributed by atoms with Gasteiger partial charge in [-0.2, -0.15) is 0 Å². The summed E-state index contributed by atoms with van der Waals surface area (Å²) in [6, 6.07) is 6.65. The van der Waals surface area contributed by atoms with Crippen molar-refractivity contribution in [2.24, 2.45) is 0 Å². The molecule has 0 unspecified atom stereocenters. The van der Waals surface area contributed by atoms with Crippen molar-refractivity contribution in [3.63, 3.8) is 0 Å². The van der Waals surface area contributed by atoms with Crippen molar-refractivity contribution in [2.75, 3.05) is 20.1 Å². The molecule has 0 radical (unpaired) electrons. The number of likely N-dealkylation sites (N-methyl/N-ethyl adjacent to an activating group) is 1. The average molecular weight is 347 g/mol. The third kappa shape index (κ3) is 4.39. The number of benzene rings is 1. The van der Waals surface area contributed by atoms with Gasteiger partial charge in [0.05, 0.1) is 17.2 Å². The largest absolute Gasteiger partial charge is 0.355 e. The van der Waals surface area contributed by atoms with Gasteiger partial charge in [0.15, 0.2) is 0 Å². The first-order valence-corrected chi connectivity index (χ1v) is 9.09. The summed E-state index contributed by atoms with van der Waals surface area (Å²) in [6.45, 7) is 1.26. The van der Waals surface area contributed by atoms with E-state index >= 15 is 0 Å². The zero-order valence-corrected chi connectivity index (χ0v) is 14.7. The van der Waals surface area contributed by atoms with Crippen LogP contribution in [-0.4, -0.2) is 35.9 Å². The van der Waals surface area contributed by atoms with Crippen LogP contribution in [-0.2, 0) is 30.6 Å². The number of hydrogen-bond donors (Lipinski definition) is 1. The highest BCUT2D eigenvalue weighted by Crippen LogP contribution is 2.27. The lowest BCUT2D eigenvalue weighted by atomic mass is 10.2. The zero-order valence-electron chi connectivity index (χ0n) is 13.8. The Morgan fingerprint density at radius 1 is 1.38 bits per heavy atom. The molecule has 6 heteroatoms. The van der Waals surface area contributed by atoms with Crippen LogP contribution in [0.3, 0.4) is 0 Å². The van der Waals surface area contributed by atoms with E-state index in [1.54, 1.807) is 29.5 Å². The normalized spacial score (nSPS) is 13.3. The monoisotopic (exact) mass is 347 g/mol. The predicted molar refractivity (Wildman–Crippen MR) is 93.6 cm³/mol. The first kappa shape index (κ1) is 17.0. The van der Waals surface area contributed by atoms with Crippen molar-refractivity contribution >= 4 is 17.2 Å². The van der Waals surface area contributed by atoms with Crippen molar-refractivity contribution < 1.29 is 9.18 Å². The molecule has 0 bridgehead atoms. The van der Waals surface area contributed by atoms with Crippen LogP contribution in [0.4, 0.5) is 4.39 Å². The molecular weight excluding hydrogens is 325 g/mol. The molecule has 24 heavy (non-hydrogen) atoms. The topological polar surface area (TPSA) is 45.2 Å². The summed E-state index contributed by atoms with van der Waals surface area (Å²) in [5.74, 6) is -0.278. The van der Waals surface area contributed by atoms with Gasteiger partial charge in [0, 0.05) is 30.0 Å². The van der Waals surface area contributed by atoms with Gasteiger partial charge in [-0.25, -0.2) is 9.37 Å². The van der Waals surface area contributed by atoms with E-state index in [2.05, 4.69) is 10.3 Å². The molecule has 3 rings (SSSR count). The summed E-state index contributed by atoms with van der Waals surface area (Å²) in [4.78, 5) is 19.9. The molecule has 0 saturated carbocycles. The maximum atomic E-state index is 13.6. The molecule has 1 heterocycles. The van der Waals surface area contributed by atoms with E-state index in [1.165, 1.54) is 23.1 Å². The van der Waals surface area contributed by atoms with E-state index in [0.717, 1.165) is 24.3 Å². The third-order valence-electron chi connectivity index (χ3n) is 4.11. The molecule has 0 saturated heterocycles. The van der Waals surface area contributed by atoms with Gasteiger partial charge in [0.2, 0.25) is 5.91 Å². The van der Waals surface area contributed by atoms with E-state index in [4.69, 9.17) is 0 Å². The highest BCUT2D eigenvalue weighted by atomic mass is 32.1. The van der Waals surface area contributed by atoms with Crippen molar-refractivity contribution in [1.82, 2.24) is 15.2 Å². The predicted octanol–water partition coefficient (Wildman–Crippen LogP) is 2.56. The fraction of sp³-hybridized carbons (Fsp3) is 0.444. The quantitative estimate of drug-likeness (QED) is 0.837. The van der Waals surface area contributed by atoms with Crippen LogP contribution in [0.15, 0.2) is 24.3 Å². The Labute approximate surface area is 145 Å². The summed E-state index contributed by atoms with van der Waals surface area (Å²) in [5, 5.41) is 4.03. The number of hydrogen-bond acceptors (Lipinski definition) is 4. The molecular formula is C18H22FN3OS. The Balaban J connectivity index is 1.39. The minimum absolute atomic E-state index is 0.0436. The van der Waals surface area contributed by atoms with Gasteiger partial charge >= 0.3 is 0 Å². The van der Waals surface area contributed by atoms with E-state index in [0.29, 0.717) is 18.7 Å². The van der Waals surface area contributed by atoms with E-state index in [9.17, 15) is 9.18 Å². The van der Waals surface area contributed by atoms with Crippen LogP contribution in [0.25, 0.3) is 0 Å². The lowest BCUT2D eigenvalue weighted by Gasteiger charge is -2.16. The molecule has 2 aromatic rings. The smallest absolute Gasteiger partial charge is 0.234 e. The number of halogens is 1. The molecule has 128 valence electrons. The Morgan fingerprint density at radius 3 is 3.00 bits per heavy atom. The molecule has 1 aliphatic rings. The van der Waals surface area contributed by atoms with Gasteiger partial charge in [0.1, 0.15) is 5.82 Å². The minimum Gasteiger partial charge on any atom is -0.355 e. The molecule has 1 aliphatic carbocycles. The van der Waals surface area contributed by atoms with Crippen molar-refractivity contribution in [1.29, 1.82) is 0 Å². The summed E-state index contributed by atoms with van der Waals surface area (Å²) >= 11 is 1.78. The fourth-order valence-electron chi connectivity index (χ4n) is 2.93. The second-order valence-electron chi connectivity index (χ2n) is 6.19. The van der Waals surface area contributed by atoms with Gasteiger partial charge < -0.3 is 5.32 Å². The summed E-state index contributed by atoms with van der Waals surface area (Å²) in [5.41, 5.74) is 1.86. The maximum absolute atomic E-state index is 13.6. The lowest BCUT2D eigenvalue weighted by Crippen LogP contribution is -2.36. The van der Waals surface area contributed by atoms with E-state index in [1.807, 2.05) is 11.9 Å². The Hall–Kier alpha value is -1.79. The average Bonchev–Trinajstić information content (AvgIpc) is 3.11. The van der Waals surface area contributed by atoms with Crippen molar-refractivity contribution in [2.45, 2.75) is 32.2 Å². The van der Waals surface area contributed by atoms with Crippen LogP contribution in [0.2, 0.25) is 0 Å². The first-order valence-electron chi connectivity index (χ1n) is 8.28. The number of aromatic nitrogens is 1. The van der Waals surface area contributed by atoms with Crippen molar-refractivity contribution in [3.8, 4) is 0 Å². The Kier molecular flexibility index (Phi) is 5.58. The van der Waals surface area contributed by atoms with Crippen LogP contribution in [0, 0.1) is 5.82 Å². The first-order chi connectivity index (χ1) is 11.6. The number of carbonyl (C=O) groups excluding carboxylic acids is 1. The molecule has 0 spiro atoms. The van der Waals surface area contributed by atoms with Gasteiger partial charge in [-0.05, 0) is 32.4 Å². The molecule has 4 nitrogen and oxygen atoms in total. The number of thiazole rings is 1. The number of aryl methyl sites for hydroxylation is 2. The molecule has 0 atom stereocenters. The molecule has 1 aromatic carbocycles. The number of fused-ring (bicyclic) bond motifs is 1. The number of carbonyl (C=O) groups is 1. The maximum Gasteiger partial charge on any atom is 0.234 e. The zero-order chi connectivity index (χ0) is 16.9. The van der Waals surface area contributed by atoms with Crippen molar-refractivity contribution in [3.05, 3.63) is 51.2 Å². The summed E-state index contributed by atoms with van der Waals surface area (Å²) in [6.07, 6.45) is 4.25. The standard InChI is InChI=1S/C18H22FN3OS/c1-22(11-13-5-2-3-6-14(13)19)12-17(23)20-10-9-18-21-15-7-4-8-16(15)24-18/h2-3,5-6H,4,7-12H2,1H3,(H,20,23). The van der Waals surface area contributed by atoms with Crippen LogP contribution in [0.1, 0.15) is 27.6 Å². The lowest BCUT2D eigenvalue weighted by molar-refractivity contribution is -0.122. The second kappa shape index (κ2) is 7.85. The molecule has 1 N–H and O–H groups in total. The number of nitrogens with one attached hydrogen (secondary N) is 1. The second-order valence-corrected chi connectivity index (χ2v) is 7.36. The molecule has 1 aromatic heterocycles. The van der Waals surface area contributed by atoms with E-state index < -0.39 is 0 Å². The van der Waals surface area contributed by atoms with Gasteiger partial charge in [-0.15, -0.1) is 11.3 Å². The minimum atomic E-state index is -0.235. The summed E-state index contributed by atoms with van der Waals surface area (Å²) < 4.78 is 13.6. The molecule has 1 amide bonds. The van der Waals surface area contributed by atoms with Gasteiger partial charge in [-0.1, -0.05) is 18.2 Å². The fourth-order valence-corrected chi connectivity index (χ4v) is 4.09. The van der Waals surface area contributed by atoms with E-state index in [-0.39, 0.29) is 18.3 Å². The van der Waals surface area contributed by atoms with Crippen LogP contribution >= 0.6 is 11.3 Å². The SMILES string of the molecule is CN(CC(=O)NCCc1nc2c(s1)CCC2)Cc1ccccc1F. The highest BCUT2D eigenvalue weighted by Gasteiger charge is 2.16. The molecule has 0 aliphatic heterocycles.